The van der Waals surface area contributed by atoms with E-state index in [1.54, 1.807) is 41.2 Å². The maximum Gasteiger partial charge on any atom is 0.271 e. The van der Waals surface area contributed by atoms with Gasteiger partial charge in [0, 0.05) is 18.4 Å². The Morgan fingerprint density at radius 1 is 1.38 bits per heavy atom. The number of amides is 1. The summed E-state index contributed by atoms with van der Waals surface area (Å²) in [5.74, 6) is -0.419. The van der Waals surface area contributed by atoms with Crippen molar-refractivity contribution in [2.45, 2.75) is 12.5 Å². The predicted molar refractivity (Wildman–Crippen MR) is 78.0 cm³/mol. The molecule has 1 heterocycles. The van der Waals surface area contributed by atoms with Gasteiger partial charge in [-0.15, -0.1) is 0 Å². The summed E-state index contributed by atoms with van der Waals surface area (Å²) in [4.78, 5) is 11.9. The molecular weight excluding hydrogens is 272 g/mol. The smallest absolute Gasteiger partial charge is 0.271 e. The number of aliphatic hydroxyl groups excluding tert-OH is 1. The third kappa shape index (κ3) is 3.80. The quantitative estimate of drug-likeness (QED) is 0.576. The van der Waals surface area contributed by atoms with E-state index in [1.165, 1.54) is 6.92 Å². The molecule has 1 amide bonds. The molecule has 1 aromatic carbocycles. The zero-order valence-corrected chi connectivity index (χ0v) is 11.7. The number of hydrogen-bond acceptors (Lipinski definition) is 5. The fourth-order valence-corrected chi connectivity index (χ4v) is 1.63. The van der Waals surface area contributed by atoms with Gasteiger partial charge in [-0.1, -0.05) is 0 Å². The molecule has 2 aromatic rings. The number of carbonyl (C=O) groups is 1. The molecule has 112 valence electrons. The summed E-state index contributed by atoms with van der Waals surface area (Å²) in [5.41, 5.74) is 5.92. The highest BCUT2D eigenvalue weighted by atomic mass is 16.3. The fourth-order valence-electron chi connectivity index (χ4n) is 1.63. The number of nitrogens with zero attached hydrogens (tertiary/aromatic N) is 2. The molecule has 0 aliphatic carbocycles. The molecular formula is C14H18N4O3. The Labute approximate surface area is 122 Å². The summed E-state index contributed by atoms with van der Waals surface area (Å²) >= 11 is 0. The lowest BCUT2D eigenvalue weighted by molar-refractivity contribution is 0.00316. The first-order valence-corrected chi connectivity index (χ1v) is 6.44. The van der Waals surface area contributed by atoms with E-state index in [9.17, 15) is 9.90 Å². The Kier molecular flexibility index (Phi) is 4.25. The highest BCUT2D eigenvalue weighted by Crippen LogP contribution is 2.10. The van der Waals surface area contributed by atoms with Crippen LogP contribution < -0.4 is 11.1 Å². The number of anilines is 1. The summed E-state index contributed by atoms with van der Waals surface area (Å²) in [6.45, 7) is 0.935. The lowest BCUT2D eigenvalue weighted by Crippen LogP contribution is -2.43. The van der Waals surface area contributed by atoms with Crippen molar-refractivity contribution in [1.29, 1.82) is 0 Å². The van der Waals surface area contributed by atoms with Crippen molar-refractivity contribution in [3.63, 3.8) is 0 Å². The van der Waals surface area contributed by atoms with Crippen molar-refractivity contribution in [2.75, 3.05) is 18.9 Å². The van der Waals surface area contributed by atoms with Crippen molar-refractivity contribution >= 4 is 11.6 Å². The summed E-state index contributed by atoms with van der Waals surface area (Å²) in [6.07, 6.45) is 1.66. The van der Waals surface area contributed by atoms with E-state index in [0.717, 1.165) is 5.69 Å². The Bertz CT molecular complexity index is 619. The van der Waals surface area contributed by atoms with Gasteiger partial charge < -0.3 is 21.3 Å². The van der Waals surface area contributed by atoms with Gasteiger partial charge in [0.05, 0.1) is 12.3 Å². The van der Waals surface area contributed by atoms with Crippen LogP contribution in [-0.4, -0.2) is 44.7 Å². The topological polar surface area (TPSA) is 113 Å². The van der Waals surface area contributed by atoms with E-state index in [2.05, 4.69) is 10.4 Å². The molecule has 1 unspecified atom stereocenters. The largest absolute Gasteiger partial charge is 0.399 e. The number of nitrogens with one attached hydrogen (secondary N) is 1. The number of nitrogens with two attached hydrogens (primary N) is 1. The number of carbonyl (C=O) groups excluding carboxylic acids is 1. The van der Waals surface area contributed by atoms with Crippen LogP contribution in [0.3, 0.4) is 0 Å². The molecule has 1 atom stereocenters. The van der Waals surface area contributed by atoms with Crippen LogP contribution in [0.4, 0.5) is 5.69 Å². The van der Waals surface area contributed by atoms with E-state index in [4.69, 9.17) is 10.8 Å². The van der Waals surface area contributed by atoms with Crippen LogP contribution >= 0.6 is 0 Å². The molecule has 0 aliphatic rings. The van der Waals surface area contributed by atoms with Crippen molar-refractivity contribution < 1.29 is 15.0 Å². The Balaban J connectivity index is 2.06. The molecule has 0 aliphatic heterocycles. The van der Waals surface area contributed by atoms with Crippen LogP contribution in [0.25, 0.3) is 5.69 Å². The molecule has 0 saturated carbocycles. The van der Waals surface area contributed by atoms with E-state index in [-0.39, 0.29) is 12.2 Å². The Morgan fingerprint density at radius 3 is 2.67 bits per heavy atom. The van der Waals surface area contributed by atoms with Crippen molar-refractivity contribution in [2.24, 2.45) is 0 Å². The molecule has 7 nitrogen and oxygen atoms in total. The summed E-state index contributed by atoms with van der Waals surface area (Å²) < 4.78 is 1.55. The minimum absolute atomic E-state index is 0.0585. The third-order valence-electron chi connectivity index (χ3n) is 2.95. The lowest BCUT2D eigenvalue weighted by atomic mass is 10.1. The van der Waals surface area contributed by atoms with Gasteiger partial charge in [0.1, 0.15) is 5.60 Å². The second kappa shape index (κ2) is 5.94. The van der Waals surface area contributed by atoms with Gasteiger partial charge in [0.25, 0.3) is 5.91 Å². The van der Waals surface area contributed by atoms with E-state index >= 15 is 0 Å². The molecule has 2 rings (SSSR count). The number of hydrogen-bond donors (Lipinski definition) is 4. The van der Waals surface area contributed by atoms with Gasteiger partial charge in [0.2, 0.25) is 0 Å². The van der Waals surface area contributed by atoms with Crippen LogP contribution in [0.2, 0.25) is 0 Å². The molecule has 7 heteroatoms. The molecule has 1 aromatic heterocycles. The maximum atomic E-state index is 11.9. The van der Waals surface area contributed by atoms with Gasteiger partial charge in [0.15, 0.2) is 5.69 Å². The first kappa shape index (κ1) is 15.0. The number of rotatable bonds is 5. The molecule has 5 N–H and O–H groups in total. The van der Waals surface area contributed by atoms with Crippen LogP contribution in [0.1, 0.15) is 17.4 Å². The minimum Gasteiger partial charge on any atom is -0.399 e. The Hall–Kier alpha value is -2.38. The standard InChI is InChI=1S/C14H18N4O3/c1-14(21,9-19)8-16-13(20)12-6-7-18(17-12)11-4-2-10(15)3-5-11/h2-7,19,21H,8-9,15H2,1H3,(H,16,20). The fraction of sp³-hybridized carbons (Fsp3) is 0.286. The predicted octanol–water partition coefficient (Wildman–Crippen LogP) is -0.0724. The summed E-state index contributed by atoms with van der Waals surface area (Å²) in [5, 5.41) is 25.2. The SMILES string of the molecule is CC(O)(CO)CNC(=O)c1ccn(-c2ccc(N)cc2)n1. The molecule has 0 saturated heterocycles. The number of benzene rings is 1. The summed E-state index contributed by atoms with van der Waals surface area (Å²) in [7, 11) is 0. The molecule has 0 radical (unpaired) electrons. The first-order chi connectivity index (χ1) is 9.91. The van der Waals surface area contributed by atoms with Gasteiger partial charge in [-0.2, -0.15) is 5.10 Å². The molecule has 21 heavy (non-hydrogen) atoms. The average Bonchev–Trinajstić information content (AvgIpc) is 2.95. The Morgan fingerprint density at radius 2 is 2.05 bits per heavy atom. The zero-order chi connectivity index (χ0) is 15.5. The van der Waals surface area contributed by atoms with Gasteiger partial charge >= 0.3 is 0 Å². The average molecular weight is 290 g/mol. The zero-order valence-electron chi connectivity index (χ0n) is 11.7. The number of aliphatic hydroxyl groups is 2. The lowest BCUT2D eigenvalue weighted by Gasteiger charge is -2.20. The minimum atomic E-state index is -1.35. The summed E-state index contributed by atoms with van der Waals surface area (Å²) in [6, 6.07) is 8.64. The van der Waals surface area contributed by atoms with Crippen LogP contribution in [0, 0.1) is 0 Å². The van der Waals surface area contributed by atoms with Crippen molar-refractivity contribution in [3.8, 4) is 5.69 Å². The monoisotopic (exact) mass is 290 g/mol. The second-order valence-electron chi connectivity index (χ2n) is 5.07. The van der Waals surface area contributed by atoms with Crippen LogP contribution in [-0.2, 0) is 0 Å². The van der Waals surface area contributed by atoms with E-state index in [1.807, 2.05) is 0 Å². The molecule has 0 spiro atoms. The molecule has 0 bridgehead atoms. The third-order valence-corrected chi connectivity index (χ3v) is 2.95. The van der Waals surface area contributed by atoms with Gasteiger partial charge in [-0.25, -0.2) is 4.68 Å². The van der Waals surface area contributed by atoms with E-state index in [0.29, 0.717) is 5.69 Å². The molecule has 0 fully saturated rings. The normalized spacial score (nSPS) is 13.7. The first-order valence-electron chi connectivity index (χ1n) is 6.44. The highest BCUT2D eigenvalue weighted by molar-refractivity contribution is 5.92. The number of nitrogen functional groups attached to an aromatic ring is 1. The maximum absolute atomic E-state index is 11.9. The highest BCUT2D eigenvalue weighted by Gasteiger charge is 2.21. The van der Waals surface area contributed by atoms with Gasteiger partial charge in [-0.3, -0.25) is 4.79 Å². The van der Waals surface area contributed by atoms with Crippen molar-refractivity contribution in [1.82, 2.24) is 15.1 Å². The van der Waals surface area contributed by atoms with Crippen LogP contribution in [0.15, 0.2) is 36.5 Å². The second-order valence-corrected chi connectivity index (χ2v) is 5.07. The number of aromatic nitrogens is 2. The van der Waals surface area contributed by atoms with Crippen LogP contribution in [0.5, 0.6) is 0 Å². The van der Waals surface area contributed by atoms with E-state index < -0.39 is 18.1 Å². The van der Waals surface area contributed by atoms with Gasteiger partial charge in [-0.05, 0) is 37.3 Å². The van der Waals surface area contributed by atoms with Crippen molar-refractivity contribution in [3.05, 3.63) is 42.2 Å².